The molecule has 0 spiro atoms. The average molecular weight is 292 g/mol. The number of ether oxygens (including phenoxy) is 3. The Hall–Kier alpha value is -1.39. The first-order valence-corrected chi connectivity index (χ1v) is 7.30. The molecule has 0 bridgehead atoms. The summed E-state index contributed by atoms with van der Waals surface area (Å²) in [7, 11) is 0. The first kappa shape index (κ1) is 16.0. The number of aryl methyl sites for hydroxylation is 2. The predicted molar refractivity (Wildman–Crippen MR) is 80.4 cm³/mol. The van der Waals surface area contributed by atoms with Gasteiger partial charge < -0.3 is 14.2 Å². The van der Waals surface area contributed by atoms with Crippen molar-refractivity contribution >= 4 is 5.97 Å². The van der Waals surface area contributed by atoms with Crippen LogP contribution in [0.3, 0.4) is 0 Å². The van der Waals surface area contributed by atoms with Gasteiger partial charge in [0.15, 0.2) is 5.79 Å². The number of carbonyl (C=O) groups is 1. The minimum Gasteiger partial charge on any atom is -0.456 e. The summed E-state index contributed by atoms with van der Waals surface area (Å²) in [6.07, 6.45) is -0.571. The SMILES string of the molecule is Cc1cc(C(=O)O[C@H](C)[C@@H]2COC(C)(C)O2)cc(C)c1C. The second-order valence-electron chi connectivity index (χ2n) is 6.21. The molecule has 1 saturated heterocycles. The van der Waals surface area contributed by atoms with E-state index in [0.29, 0.717) is 12.2 Å². The van der Waals surface area contributed by atoms with Crippen LogP contribution >= 0.6 is 0 Å². The molecule has 1 aromatic rings. The summed E-state index contributed by atoms with van der Waals surface area (Å²) in [5.74, 6) is -0.926. The smallest absolute Gasteiger partial charge is 0.338 e. The third kappa shape index (κ3) is 3.63. The maximum absolute atomic E-state index is 12.3. The van der Waals surface area contributed by atoms with E-state index in [2.05, 4.69) is 0 Å². The normalized spacial score (nSPS) is 22.1. The van der Waals surface area contributed by atoms with Crippen molar-refractivity contribution in [2.45, 2.75) is 59.5 Å². The van der Waals surface area contributed by atoms with Crippen molar-refractivity contribution in [1.29, 1.82) is 0 Å². The molecule has 4 heteroatoms. The molecule has 1 heterocycles. The summed E-state index contributed by atoms with van der Waals surface area (Å²) >= 11 is 0. The van der Waals surface area contributed by atoms with Gasteiger partial charge in [-0.1, -0.05) is 0 Å². The summed E-state index contributed by atoms with van der Waals surface area (Å²) in [6.45, 7) is 12.0. The third-order valence-corrected chi connectivity index (χ3v) is 4.01. The Morgan fingerprint density at radius 2 is 1.86 bits per heavy atom. The van der Waals surface area contributed by atoms with E-state index >= 15 is 0 Å². The van der Waals surface area contributed by atoms with Crippen LogP contribution in [0.2, 0.25) is 0 Å². The van der Waals surface area contributed by atoms with Gasteiger partial charge in [-0.05, 0) is 70.4 Å². The summed E-state index contributed by atoms with van der Waals surface area (Å²) < 4.78 is 16.7. The van der Waals surface area contributed by atoms with Gasteiger partial charge in [0.25, 0.3) is 0 Å². The maximum Gasteiger partial charge on any atom is 0.338 e. The van der Waals surface area contributed by atoms with E-state index in [-0.39, 0.29) is 18.2 Å². The van der Waals surface area contributed by atoms with Crippen LogP contribution in [0.15, 0.2) is 12.1 Å². The van der Waals surface area contributed by atoms with Crippen molar-refractivity contribution in [3.63, 3.8) is 0 Å². The topological polar surface area (TPSA) is 44.8 Å². The van der Waals surface area contributed by atoms with E-state index in [0.717, 1.165) is 11.1 Å². The van der Waals surface area contributed by atoms with E-state index in [1.165, 1.54) is 5.56 Å². The van der Waals surface area contributed by atoms with E-state index in [9.17, 15) is 4.79 Å². The van der Waals surface area contributed by atoms with Crippen molar-refractivity contribution in [2.24, 2.45) is 0 Å². The molecule has 1 aliphatic heterocycles. The zero-order valence-corrected chi connectivity index (χ0v) is 13.6. The van der Waals surface area contributed by atoms with Crippen molar-refractivity contribution in [1.82, 2.24) is 0 Å². The number of esters is 1. The van der Waals surface area contributed by atoms with Crippen LogP contribution in [0.5, 0.6) is 0 Å². The molecular weight excluding hydrogens is 268 g/mol. The minimum absolute atomic E-state index is 0.225. The van der Waals surface area contributed by atoms with Crippen molar-refractivity contribution in [3.8, 4) is 0 Å². The molecule has 0 N–H and O–H groups in total. The quantitative estimate of drug-likeness (QED) is 0.802. The Morgan fingerprint density at radius 1 is 1.29 bits per heavy atom. The van der Waals surface area contributed by atoms with Gasteiger partial charge in [0, 0.05) is 0 Å². The van der Waals surface area contributed by atoms with Gasteiger partial charge >= 0.3 is 5.97 Å². The van der Waals surface area contributed by atoms with Crippen LogP contribution in [0.4, 0.5) is 0 Å². The fourth-order valence-electron chi connectivity index (χ4n) is 2.41. The van der Waals surface area contributed by atoms with Crippen molar-refractivity contribution in [2.75, 3.05) is 6.61 Å². The van der Waals surface area contributed by atoms with Crippen molar-refractivity contribution in [3.05, 3.63) is 34.4 Å². The number of hydrogen-bond donors (Lipinski definition) is 0. The largest absolute Gasteiger partial charge is 0.456 e. The lowest BCUT2D eigenvalue weighted by atomic mass is 10.0. The summed E-state index contributed by atoms with van der Waals surface area (Å²) in [5.41, 5.74) is 3.97. The first-order chi connectivity index (χ1) is 9.69. The molecule has 1 aliphatic rings. The molecule has 0 aromatic heterocycles. The van der Waals surface area contributed by atoms with Gasteiger partial charge in [-0.3, -0.25) is 0 Å². The Morgan fingerprint density at radius 3 is 2.33 bits per heavy atom. The summed E-state index contributed by atoms with van der Waals surface area (Å²) in [5, 5.41) is 0. The number of carbonyl (C=O) groups excluding carboxylic acids is 1. The molecule has 2 atom stereocenters. The molecule has 0 unspecified atom stereocenters. The van der Waals surface area contributed by atoms with Crippen molar-refractivity contribution < 1.29 is 19.0 Å². The lowest BCUT2D eigenvalue weighted by Gasteiger charge is -2.21. The standard InChI is InChI=1S/C17H24O4/c1-10-7-14(8-11(2)12(10)3)16(18)20-13(4)15-9-19-17(5,6)21-15/h7-8,13,15H,9H2,1-6H3/t13-,15+/m1/s1. The first-order valence-electron chi connectivity index (χ1n) is 7.30. The molecular formula is C17H24O4. The van der Waals surface area contributed by atoms with Gasteiger partial charge in [0.1, 0.15) is 12.2 Å². The lowest BCUT2D eigenvalue weighted by Crippen LogP contribution is -2.32. The lowest BCUT2D eigenvalue weighted by molar-refractivity contribution is -0.150. The minimum atomic E-state index is -0.609. The Bertz CT molecular complexity index is 525. The van der Waals surface area contributed by atoms with Crippen LogP contribution in [0.25, 0.3) is 0 Å². The fraction of sp³-hybridized carbons (Fsp3) is 0.588. The molecule has 21 heavy (non-hydrogen) atoms. The third-order valence-electron chi connectivity index (χ3n) is 4.01. The second-order valence-corrected chi connectivity index (χ2v) is 6.21. The van der Waals surface area contributed by atoms with Gasteiger partial charge in [-0.15, -0.1) is 0 Å². The highest BCUT2D eigenvalue weighted by atomic mass is 16.7. The fourth-order valence-corrected chi connectivity index (χ4v) is 2.41. The van der Waals surface area contributed by atoms with E-state index in [4.69, 9.17) is 14.2 Å². The Kier molecular flexibility index (Phi) is 4.40. The Balaban J connectivity index is 2.05. The van der Waals surface area contributed by atoms with Crippen LogP contribution in [-0.2, 0) is 14.2 Å². The van der Waals surface area contributed by atoms with Gasteiger partial charge in [-0.2, -0.15) is 0 Å². The Labute approximate surface area is 126 Å². The number of hydrogen-bond acceptors (Lipinski definition) is 4. The molecule has 1 fully saturated rings. The van der Waals surface area contributed by atoms with Gasteiger partial charge in [0.2, 0.25) is 0 Å². The monoisotopic (exact) mass is 292 g/mol. The second kappa shape index (κ2) is 5.78. The highest BCUT2D eigenvalue weighted by Crippen LogP contribution is 2.26. The van der Waals surface area contributed by atoms with Crippen LogP contribution < -0.4 is 0 Å². The highest BCUT2D eigenvalue weighted by molar-refractivity contribution is 5.90. The number of benzene rings is 1. The highest BCUT2D eigenvalue weighted by Gasteiger charge is 2.37. The summed E-state index contributed by atoms with van der Waals surface area (Å²) in [4.78, 5) is 12.3. The van der Waals surface area contributed by atoms with Crippen LogP contribution in [0, 0.1) is 20.8 Å². The zero-order chi connectivity index (χ0) is 15.8. The van der Waals surface area contributed by atoms with Crippen LogP contribution in [-0.4, -0.2) is 30.6 Å². The molecule has 1 aromatic carbocycles. The van der Waals surface area contributed by atoms with Crippen LogP contribution in [0.1, 0.15) is 47.8 Å². The van der Waals surface area contributed by atoms with E-state index in [1.807, 2.05) is 53.7 Å². The average Bonchev–Trinajstić information content (AvgIpc) is 2.75. The van der Waals surface area contributed by atoms with Gasteiger partial charge in [0.05, 0.1) is 12.2 Å². The van der Waals surface area contributed by atoms with E-state index in [1.54, 1.807) is 0 Å². The molecule has 2 rings (SSSR count). The molecule has 0 amide bonds. The molecule has 0 radical (unpaired) electrons. The summed E-state index contributed by atoms with van der Waals surface area (Å²) in [6, 6.07) is 3.74. The maximum atomic E-state index is 12.3. The molecule has 116 valence electrons. The zero-order valence-electron chi connectivity index (χ0n) is 13.6. The van der Waals surface area contributed by atoms with Gasteiger partial charge in [-0.25, -0.2) is 4.79 Å². The molecule has 4 nitrogen and oxygen atoms in total. The van der Waals surface area contributed by atoms with E-state index < -0.39 is 5.79 Å². The number of rotatable bonds is 3. The molecule has 0 saturated carbocycles. The predicted octanol–water partition coefficient (Wildman–Crippen LogP) is 3.31. The molecule has 0 aliphatic carbocycles.